The molecular weight excluding hydrogens is 584 g/mol. The van der Waals surface area contributed by atoms with Crippen molar-refractivity contribution in [2.45, 2.75) is 63.2 Å². The molecule has 0 aliphatic heterocycles. The SMILES string of the molecule is C[C@H](NC(=O)[C@H](CCCN=C(N)N)NC[C@H](CCCN=C(N)N)NC(=O)[C@@H](N)Cc1ccc(O)cc1)c1cccc2ccccc12. The minimum Gasteiger partial charge on any atom is -0.508 e. The third-order valence-electron chi connectivity index (χ3n) is 7.60. The Bertz CT molecular complexity index is 1460. The van der Waals surface area contributed by atoms with Gasteiger partial charge in [0.05, 0.1) is 18.1 Å². The molecule has 13 nitrogen and oxygen atoms in total. The number of hydrogen-bond acceptors (Lipinski definition) is 7. The number of nitrogens with zero attached hydrogens (tertiary/aromatic N) is 2. The van der Waals surface area contributed by atoms with Gasteiger partial charge in [-0.2, -0.15) is 0 Å². The van der Waals surface area contributed by atoms with Crippen molar-refractivity contribution in [1.29, 1.82) is 0 Å². The first-order chi connectivity index (χ1) is 22.0. The van der Waals surface area contributed by atoms with E-state index in [2.05, 4.69) is 25.9 Å². The highest BCUT2D eigenvalue weighted by molar-refractivity contribution is 5.87. The third kappa shape index (κ3) is 11.9. The molecule has 14 N–H and O–H groups in total. The normalized spacial score (nSPS) is 13.6. The fourth-order valence-electron chi connectivity index (χ4n) is 5.19. The molecule has 2 amide bonds. The second-order valence-corrected chi connectivity index (χ2v) is 11.3. The largest absolute Gasteiger partial charge is 0.508 e. The van der Waals surface area contributed by atoms with Crippen molar-refractivity contribution in [3.8, 4) is 5.75 Å². The fraction of sp³-hybridized carbons (Fsp3) is 0.394. The maximum atomic E-state index is 13.7. The fourth-order valence-corrected chi connectivity index (χ4v) is 5.19. The highest BCUT2D eigenvalue weighted by atomic mass is 16.3. The lowest BCUT2D eigenvalue weighted by atomic mass is 9.99. The number of phenols is 1. The molecule has 0 spiro atoms. The molecule has 0 aliphatic carbocycles. The average Bonchev–Trinajstić information content (AvgIpc) is 3.02. The summed E-state index contributed by atoms with van der Waals surface area (Å²) in [6.07, 6.45) is 2.44. The predicted octanol–water partition coefficient (Wildman–Crippen LogP) is 0.843. The summed E-state index contributed by atoms with van der Waals surface area (Å²) in [6, 6.07) is 18.6. The lowest BCUT2D eigenvalue weighted by Crippen LogP contribution is -2.53. The number of rotatable bonds is 18. The Kier molecular flexibility index (Phi) is 14.1. The van der Waals surface area contributed by atoms with Crippen molar-refractivity contribution < 1.29 is 14.7 Å². The van der Waals surface area contributed by atoms with Crippen LogP contribution in [0.1, 0.15) is 49.8 Å². The van der Waals surface area contributed by atoms with Gasteiger partial charge in [0.1, 0.15) is 5.75 Å². The van der Waals surface area contributed by atoms with Gasteiger partial charge in [0.2, 0.25) is 11.8 Å². The van der Waals surface area contributed by atoms with Crippen LogP contribution in [0.3, 0.4) is 0 Å². The molecule has 4 atom stereocenters. The number of hydrogen-bond donors (Lipinski definition) is 9. The summed E-state index contributed by atoms with van der Waals surface area (Å²) in [5, 5.41) is 21.3. The number of guanidine groups is 2. The van der Waals surface area contributed by atoms with Crippen molar-refractivity contribution in [3.63, 3.8) is 0 Å². The molecule has 0 saturated heterocycles. The van der Waals surface area contributed by atoms with Gasteiger partial charge in [-0.3, -0.25) is 19.6 Å². The number of fused-ring (bicyclic) bond motifs is 1. The number of nitrogens with one attached hydrogen (secondary N) is 3. The molecule has 13 heteroatoms. The number of aliphatic imine (C=N–C) groups is 2. The van der Waals surface area contributed by atoms with E-state index in [0.29, 0.717) is 51.7 Å². The van der Waals surface area contributed by atoms with Crippen LogP contribution in [0.2, 0.25) is 0 Å². The van der Waals surface area contributed by atoms with Crippen LogP contribution in [0.15, 0.2) is 76.7 Å². The summed E-state index contributed by atoms with van der Waals surface area (Å²) >= 11 is 0. The average molecular weight is 633 g/mol. The highest BCUT2D eigenvalue weighted by Crippen LogP contribution is 2.24. The molecule has 0 aromatic heterocycles. The quantitative estimate of drug-likeness (QED) is 0.0547. The number of carbonyl (C=O) groups excluding carboxylic acids is 2. The topological polar surface area (TPSA) is 245 Å². The number of benzene rings is 3. The molecule has 0 bridgehead atoms. The Hall–Kier alpha value is -4.88. The first kappa shape index (κ1) is 35.6. The Morgan fingerprint density at radius 1 is 0.804 bits per heavy atom. The number of phenolic OH excluding ortho intramolecular Hbond substituents is 1. The Morgan fingerprint density at radius 3 is 2.11 bits per heavy atom. The molecule has 0 unspecified atom stereocenters. The molecule has 46 heavy (non-hydrogen) atoms. The zero-order chi connectivity index (χ0) is 33.5. The van der Waals surface area contributed by atoms with E-state index in [1.165, 1.54) is 0 Å². The van der Waals surface area contributed by atoms with Crippen LogP contribution in [-0.4, -0.2) is 66.6 Å². The smallest absolute Gasteiger partial charge is 0.237 e. The van der Waals surface area contributed by atoms with Gasteiger partial charge in [-0.25, -0.2) is 0 Å². The van der Waals surface area contributed by atoms with Crippen LogP contribution in [0.4, 0.5) is 0 Å². The maximum Gasteiger partial charge on any atom is 0.237 e. The summed E-state index contributed by atoms with van der Waals surface area (Å²) in [6.45, 7) is 3.01. The van der Waals surface area contributed by atoms with Gasteiger partial charge in [-0.1, -0.05) is 54.6 Å². The Labute approximate surface area is 270 Å². The molecule has 0 radical (unpaired) electrons. The van der Waals surface area contributed by atoms with Crippen molar-refractivity contribution in [2.24, 2.45) is 38.7 Å². The van der Waals surface area contributed by atoms with Gasteiger partial charge in [0, 0.05) is 25.7 Å². The summed E-state index contributed by atoms with van der Waals surface area (Å²) in [4.78, 5) is 34.9. The zero-order valence-corrected chi connectivity index (χ0v) is 26.4. The second-order valence-electron chi connectivity index (χ2n) is 11.3. The predicted molar refractivity (Wildman–Crippen MR) is 184 cm³/mol. The summed E-state index contributed by atoms with van der Waals surface area (Å²) in [5.41, 5.74) is 30.0. The molecule has 0 fully saturated rings. The molecule has 248 valence electrons. The van der Waals surface area contributed by atoms with E-state index in [1.807, 2.05) is 49.4 Å². The molecule has 3 aromatic carbocycles. The van der Waals surface area contributed by atoms with Crippen molar-refractivity contribution >= 4 is 34.5 Å². The minimum atomic E-state index is -0.815. The molecular formula is C33H48N10O3. The Balaban J connectivity index is 1.71. The number of aromatic hydroxyl groups is 1. The van der Waals surface area contributed by atoms with E-state index in [4.69, 9.17) is 28.7 Å². The first-order valence-electron chi connectivity index (χ1n) is 15.5. The van der Waals surface area contributed by atoms with Crippen LogP contribution in [0.25, 0.3) is 10.8 Å². The molecule has 0 heterocycles. The van der Waals surface area contributed by atoms with Crippen LogP contribution in [-0.2, 0) is 16.0 Å². The molecule has 0 aliphatic rings. The molecule has 3 aromatic rings. The summed E-state index contributed by atoms with van der Waals surface area (Å²) in [5.74, 6) is -0.393. The van der Waals surface area contributed by atoms with E-state index < -0.39 is 12.1 Å². The monoisotopic (exact) mass is 632 g/mol. The number of nitrogens with two attached hydrogens (primary N) is 5. The van der Waals surface area contributed by atoms with Gasteiger partial charge in [-0.05, 0) is 73.1 Å². The van der Waals surface area contributed by atoms with E-state index in [9.17, 15) is 14.7 Å². The van der Waals surface area contributed by atoms with Crippen molar-refractivity contribution in [2.75, 3.05) is 19.6 Å². The standard InChI is InChI=1S/C33H48N10O3/c1-21(26-11-4-8-23-7-2-3-10-27(23)26)42-31(46)29(12-6-18-40-33(37)38)41-20-24(9-5-17-39-32(35)36)43-30(45)28(34)19-22-13-15-25(44)16-14-22/h2-4,7-8,10-11,13-16,21,24,28-29,41,44H,5-6,9,12,17-20,34H2,1H3,(H,42,46)(H,43,45)(H4,35,36,39)(H4,37,38,40)/t21-,24-,28-,29-/m0/s1. The lowest BCUT2D eigenvalue weighted by molar-refractivity contribution is -0.124. The van der Waals surface area contributed by atoms with Gasteiger partial charge in [0.15, 0.2) is 11.9 Å². The van der Waals surface area contributed by atoms with Crippen LogP contribution >= 0.6 is 0 Å². The summed E-state index contributed by atoms with van der Waals surface area (Å²) in [7, 11) is 0. The Morgan fingerprint density at radius 2 is 1.43 bits per heavy atom. The number of amides is 2. The van der Waals surface area contributed by atoms with E-state index >= 15 is 0 Å². The van der Waals surface area contributed by atoms with Gasteiger partial charge in [0.25, 0.3) is 0 Å². The van der Waals surface area contributed by atoms with E-state index in [-0.39, 0.29) is 41.6 Å². The third-order valence-corrected chi connectivity index (χ3v) is 7.60. The van der Waals surface area contributed by atoms with Crippen LogP contribution in [0.5, 0.6) is 5.75 Å². The second kappa shape index (κ2) is 18.2. The van der Waals surface area contributed by atoms with Gasteiger partial charge < -0.3 is 49.7 Å². The van der Waals surface area contributed by atoms with Crippen LogP contribution in [0, 0.1) is 0 Å². The lowest BCUT2D eigenvalue weighted by Gasteiger charge is -2.26. The van der Waals surface area contributed by atoms with Crippen LogP contribution < -0.4 is 44.6 Å². The maximum absolute atomic E-state index is 13.7. The summed E-state index contributed by atoms with van der Waals surface area (Å²) < 4.78 is 0. The van der Waals surface area contributed by atoms with Gasteiger partial charge >= 0.3 is 0 Å². The minimum absolute atomic E-state index is 0.00699. The van der Waals surface area contributed by atoms with E-state index in [1.54, 1.807) is 24.3 Å². The number of carbonyl (C=O) groups is 2. The van der Waals surface area contributed by atoms with Gasteiger partial charge in [-0.15, -0.1) is 0 Å². The van der Waals surface area contributed by atoms with Crippen molar-refractivity contribution in [3.05, 3.63) is 77.9 Å². The van der Waals surface area contributed by atoms with Crippen molar-refractivity contribution in [1.82, 2.24) is 16.0 Å². The highest BCUT2D eigenvalue weighted by Gasteiger charge is 2.24. The first-order valence-corrected chi connectivity index (χ1v) is 15.5. The van der Waals surface area contributed by atoms with E-state index in [0.717, 1.165) is 21.9 Å². The molecule has 0 saturated carbocycles. The molecule has 3 rings (SSSR count). The zero-order valence-electron chi connectivity index (χ0n) is 26.4.